The fraction of sp³-hybridized carbons (Fsp3) is 0.588. The van der Waals surface area contributed by atoms with Gasteiger partial charge in [-0.25, -0.2) is 0 Å². The Morgan fingerprint density at radius 2 is 2.00 bits per heavy atom. The molecule has 1 atom stereocenters. The lowest BCUT2D eigenvalue weighted by atomic mass is 10.1. The molecule has 1 aliphatic rings. The van der Waals surface area contributed by atoms with Gasteiger partial charge in [-0.2, -0.15) is 0 Å². The molecule has 1 amide bonds. The summed E-state index contributed by atoms with van der Waals surface area (Å²) in [4.78, 5) is 15.8. The van der Waals surface area contributed by atoms with E-state index in [1.54, 1.807) is 0 Å². The molecule has 0 saturated carbocycles. The topological polar surface area (TPSA) is 36.8 Å². The van der Waals surface area contributed by atoms with E-state index in [9.17, 15) is 4.79 Å². The summed E-state index contributed by atoms with van der Waals surface area (Å²) in [6.07, 6.45) is 0. The average Bonchev–Trinajstić information content (AvgIpc) is 2.47. The zero-order valence-electron chi connectivity index (χ0n) is 13.7. The van der Waals surface area contributed by atoms with Gasteiger partial charge in [0.2, 0.25) is 0 Å². The van der Waals surface area contributed by atoms with Crippen LogP contribution >= 0.6 is 11.6 Å². The number of nitrogens with one attached hydrogen (secondary N) is 2. The Labute approximate surface area is 138 Å². The Hall–Kier alpha value is -1.26. The first kappa shape index (κ1) is 17.1. The summed E-state index contributed by atoms with van der Waals surface area (Å²) in [6.45, 7) is 10.8. The Morgan fingerprint density at radius 3 is 2.59 bits per heavy atom. The average molecular weight is 325 g/mol. The first-order valence-electron chi connectivity index (χ1n) is 8.09. The predicted octanol–water partition coefficient (Wildman–Crippen LogP) is 1.21. The molecule has 1 heterocycles. The maximum absolute atomic E-state index is 12.1. The van der Waals surface area contributed by atoms with Crippen LogP contribution in [0, 0.1) is 5.92 Å². The molecule has 1 aliphatic heterocycles. The second kappa shape index (κ2) is 7.84. The van der Waals surface area contributed by atoms with Gasteiger partial charge in [0.25, 0.3) is 5.91 Å². The number of carbonyl (C=O) groups is 1. The summed E-state index contributed by atoms with van der Waals surface area (Å²) in [6, 6.07) is 8.21. The van der Waals surface area contributed by atoms with Gasteiger partial charge >= 0.3 is 0 Å². The third kappa shape index (κ3) is 4.89. The number of halogens is 1. The second-order valence-electron chi connectivity index (χ2n) is 6.49. The van der Waals surface area contributed by atoms with E-state index in [0.29, 0.717) is 12.5 Å². The molecule has 1 aromatic carbocycles. The van der Waals surface area contributed by atoms with Crippen LogP contribution in [0.15, 0.2) is 24.3 Å². The van der Waals surface area contributed by atoms with E-state index in [1.165, 1.54) is 10.6 Å². The summed E-state index contributed by atoms with van der Waals surface area (Å²) in [5.74, 6) is 0.631. The number of nitrogens with zero attached hydrogens (tertiary/aromatic N) is 1. The maximum atomic E-state index is 12.1. The van der Waals surface area contributed by atoms with Gasteiger partial charge in [0, 0.05) is 16.8 Å². The van der Waals surface area contributed by atoms with E-state index < -0.39 is 0 Å². The molecule has 0 aromatic heterocycles. The van der Waals surface area contributed by atoms with E-state index in [-0.39, 0.29) is 11.9 Å². The number of hydrogen-bond acceptors (Lipinski definition) is 2. The number of quaternary nitrogens is 1. The molecule has 2 rings (SSSR count). The molecule has 0 bridgehead atoms. The minimum absolute atomic E-state index is 0.160. The summed E-state index contributed by atoms with van der Waals surface area (Å²) in [5.41, 5.74) is 1.17. The molecule has 0 unspecified atom stereocenters. The van der Waals surface area contributed by atoms with Crippen LogP contribution in [0.3, 0.4) is 0 Å². The lowest BCUT2D eigenvalue weighted by Crippen LogP contribution is -3.16. The Balaban J connectivity index is 1.79. The highest BCUT2D eigenvalue weighted by Crippen LogP contribution is 2.19. The number of piperazine rings is 1. The molecule has 0 radical (unpaired) electrons. The highest BCUT2D eigenvalue weighted by molar-refractivity contribution is 6.30. The van der Waals surface area contributed by atoms with Gasteiger partial charge in [-0.3, -0.25) is 4.79 Å². The van der Waals surface area contributed by atoms with Crippen molar-refractivity contribution in [3.05, 3.63) is 29.3 Å². The van der Waals surface area contributed by atoms with Crippen molar-refractivity contribution >= 4 is 23.2 Å². The molecule has 2 N–H and O–H groups in total. The van der Waals surface area contributed by atoms with Crippen molar-refractivity contribution in [3.63, 3.8) is 0 Å². The van der Waals surface area contributed by atoms with Crippen LogP contribution in [0.1, 0.15) is 20.8 Å². The van der Waals surface area contributed by atoms with E-state index in [0.717, 1.165) is 31.2 Å². The Bertz CT molecular complexity index is 498. The normalized spacial score (nSPS) is 17.6. The number of hydrogen-bond donors (Lipinski definition) is 2. The van der Waals surface area contributed by atoms with Crippen molar-refractivity contribution < 1.29 is 9.69 Å². The van der Waals surface area contributed by atoms with Gasteiger partial charge in [-0.15, -0.1) is 0 Å². The van der Waals surface area contributed by atoms with Crippen LogP contribution in [0.5, 0.6) is 0 Å². The van der Waals surface area contributed by atoms with Crippen molar-refractivity contribution in [2.24, 2.45) is 5.92 Å². The first-order valence-corrected chi connectivity index (χ1v) is 8.47. The lowest BCUT2D eigenvalue weighted by molar-refractivity contribution is -0.892. The van der Waals surface area contributed by atoms with Crippen LogP contribution in [-0.4, -0.2) is 44.7 Å². The highest BCUT2D eigenvalue weighted by atomic mass is 35.5. The molecular weight excluding hydrogens is 298 g/mol. The smallest absolute Gasteiger partial charge is 0.275 e. The largest absolute Gasteiger partial charge is 0.360 e. The van der Waals surface area contributed by atoms with Gasteiger partial charge in [0.05, 0.1) is 26.2 Å². The molecule has 1 saturated heterocycles. The fourth-order valence-corrected chi connectivity index (χ4v) is 2.81. The lowest BCUT2D eigenvalue weighted by Gasteiger charge is -2.33. The van der Waals surface area contributed by atoms with Crippen molar-refractivity contribution in [2.45, 2.75) is 26.8 Å². The van der Waals surface area contributed by atoms with E-state index >= 15 is 0 Å². The third-order valence-corrected chi connectivity index (χ3v) is 4.68. The summed E-state index contributed by atoms with van der Waals surface area (Å²) >= 11 is 6.05. The molecule has 122 valence electrons. The Kier molecular flexibility index (Phi) is 6.09. The highest BCUT2D eigenvalue weighted by Gasteiger charge is 2.23. The van der Waals surface area contributed by atoms with Crippen molar-refractivity contribution in [1.29, 1.82) is 0 Å². The predicted molar refractivity (Wildman–Crippen MR) is 91.7 cm³/mol. The Morgan fingerprint density at radius 1 is 1.32 bits per heavy atom. The van der Waals surface area contributed by atoms with Crippen molar-refractivity contribution in [1.82, 2.24) is 5.32 Å². The monoisotopic (exact) mass is 324 g/mol. The van der Waals surface area contributed by atoms with Crippen LogP contribution < -0.4 is 15.1 Å². The van der Waals surface area contributed by atoms with Crippen molar-refractivity contribution in [3.8, 4) is 0 Å². The van der Waals surface area contributed by atoms with Gasteiger partial charge in [0.15, 0.2) is 6.54 Å². The van der Waals surface area contributed by atoms with Crippen molar-refractivity contribution in [2.75, 3.05) is 37.6 Å². The minimum atomic E-state index is 0.160. The van der Waals surface area contributed by atoms with E-state index in [4.69, 9.17) is 11.6 Å². The summed E-state index contributed by atoms with van der Waals surface area (Å²) in [7, 11) is 0. The maximum Gasteiger partial charge on any atom is 0.275 e. The molecule has 1 fully saturated rings. The standard InChI is InChI=1S/C17H26ClN3O/c1-13(2)14(3)19-17(22)12-20-7-9-21(10-8-20)16-6-4-5-15(18)11-16/h4-6,11,13-14H,7-10,12H2,1-3H3,(H,19,22)/p+1/t14-/m1/s1. The van der Waals surface area contributed by atoms with Gasteiger partial charge < -0.3 is 15.1 Å². The molecule has 22 heavy (non-hydrogen) atoms. The number of amides is 1. The zero-order valence-corrected chi connectivity index (χ0v) is 14.5. The van der Waals surface area contributed by atoms with E-state index in [2.05, 4.69) is 37.1 Å². The molecule has 5 heteroatoms. The SMILES string of the molecule is CC(C)[C@@H](C)NC(=O)C[NH+]1CCN(c2cccc(Cl)c2)CC1. The first-order chi connectivity index (χ1) is 10.5. The minimum Gasteiger partial charge on any atom is -0.360 e. The van der Waals surface area contributed by atoms with Crippen LogP contribution in [0.4, 0.5) is 5.69 Å². The molecular formula is C17H27ClN3O+. The molecule has 4 nitrogen and oxygen atoms in total. The van der Waals surface area contributed by atoms with Gasteiger partial charge in [-0.05, 0) is 31.0 Å². The van der Waals surface area contributed by atoms with Crippen LogP contribution in [0.25, 0.3) is 0 Å². The molecule has 0 aliphatic carbocycles. The number of benzene rings is 1. The van der Waals surface area contributed by atoms with E-state index in [1.807, 2.05) is 18.2 Å². The van der Waals surface area contributed by atoms with Crippen LogP contribution in [-0.2, 0) is 4.79 Å². The third-order valence-electron chi connectivity index (χ3n) is 4.44. The summed E-state index contributed by atoms with van der Waals surface area (Å²) in [5, 5.41) is 3.86. The fourth-order valence-electron chi connectivity index (χ4n) is 2.63. The summed E-state index contributed by atoms with van der Waals surface area (Å²) < 4.78 is 0. The van der Waals surface area contributed by atoms with Gasteiger partial charge in [0.1, 0.15) is 0 Å². The number of rotatable bonds is 5. The second-order valence-corrected chi connectivity index (χ2v) is 6.93. The molecule has 1 aromatic rings. The molecule has 0 spiro atoms. The van der Waals surface area contributed by atoms with Crippen LogP contribution in [0.2, 0.25) is 5.02 Å². The number of carbonyl (C=O) groups excluding carboxylic acids is 1. The number of anilines is 1. The zero-order chi connectivity index (χ0) is 16.1. The van der Waals surface area contributed by atoms with Gasteiger partial charge in [-0.1, -0.05) is 31.5 Å². The quantitative estimate of drug-likeness (QED) is 0.854.